The summed E-state index contributed by atoms with van der Waals surface area (Å²) in [7, 11) is 0. The molecule has 1 amide bonds. The molecule has 4 aromatic rings. The van der Waals surface area contributed by atoms with Crippen molar-refractivity contribution in [1.29, 1.82) is 0 Å². The van der Waals surface area contributed by atoms with Gasteiger partial charge in [-0.05, 0) is 49.6 Å². The van der Waals surface area contributed by atoms with E-state index in [-0.39, 0.29) is 12.3 Å². The summed E-state index contributed by atoms with van der Waals surface area (Å²) in [4.78, 5) is 12.9. The van der Waals surface area contributed by atoms with Crippen molar-refractivity contribution < 1.29 is 14.1 Å². The van der Waals surface area contributed by atoms with Crippen LogP contribution in [0.15, 0.2) is 59.4 Å². The number of amides is 1. The van der Waals surface area contributed by atoms with Gasteiger partial charge in [-0.15, -0.1) is 0 Å². The highest BCUT2D eigenvalue weighted by molar-refractivity contribution is 6.31. The molecular weight excluding hydrogens is 428 g/mol. The highest BCUT2D eigenvalue weighted by Crippen LogP contribution is 2.23. The van der Waals surface area contributed by atoms with Crippen LogP contribution in [-0.4, -0.2) is 20.8 Å². The Hall–Kier alpha value is -3.58. The number of hydrogen-bond acceptors (Lipinski definition) is 5. The number of halogens is 1. The molecule has 0 unspecified atom stereocenters. The lowest BCUT2D eigenvalue weighted by atomic mass is 10.1. The van der Waals surface area contributed by atoms with E-state index < -0.39 is 5.91 Å². The fourth-order valence-corrected chi connectivity index (χ4v) is 3.45. The van der Waals surface area contributed by atoms with E-state index in [0.29, 0.717) is 28.6 Å². The van der Waals surface area contributed by atoms with E-state index in [2.05, 4.69) is 15.6 Å². The normalized spacial score (nSPS) is 10.9. The fourth-order valence-electron chi connectivity index (χ4n) is 3.26. The van der Waals surface area contributed by atoms with E-state index >= 15 is 0 Å². The summed E-state index contributed by atoms with van der Waals surface area (Å²) >= 11 is 6.22. The average Bonchev–Trinajstić information content (AvgIpc) is 3.36. The van der Waals surface area contributed by atoms with Gasteiger partial charge in [-0.3, -0.25) is 9.48 Å². The van der Waals surface area contributed by atoms with Gasteiger partial charge in [-0.25, -0.2) is 0 Å². The van der Waals surface area contributed by atoms with Gasteiger partial charge < -0.3 is 14.6 Å². The molecule has 4 rings (SSSR count). The van der Waals surface area contributed by atoms with Gasteiger partial charge in [-0.1, -0.05) is 47.1 Å². The lowest BCUT2D eigenvalue weighted by Crippen LogP contribution is -2.15. The largest absolute Gasteiger partial charge is 0.488 e. The zero-order valence-corrected chi connectivity index (χ0v) is 18.8. The van der Waals surface area contributed by atoms with Crippen molar-refractivity contribution in [3.63, 3.8) is 0 Å². The van der Waals surface area contributed by atoms with Crippen LogP contribution in [0.3, 0.4) is 0 Å². The number of carbonyl (C=O) groups is 1. The van der Waals surface area contributed by atoms with E-state index in [1.807, 2.05) is 56.3 Å². The first-order valence-electron chi connectivity index (χ1n) is 10.1. The van der Waals surface area contributed by atoms with Crippen LogP contribution in [0.4, 0.5) is 5.69 Å². The molecule has 164 valence electrons. The van der Waals surface area contributed by atoms with Crippen LogP contribution in [0.25, 0.3) is 0 Å². The number of aryl methyl sites for hydroxylation is 3. The second-order valence-electron chi connectivity index (χ2n) is 7.60. The van der Waals surface area contributed by atoms with Gasteiger partial charge in [0.25, 0.3) is 5.91 Å². The molecule has 32 heavy (non-hydrogen) atoms. The van der Waals surface area contributed by atoms with Gasteiger partial charge >= 0.3 is 0 Å². The summed E-state index contributed by atoms with van der Waals surface area (Å²) in [5.74, 6) is 0.909. The smallest absolute Gasteiger partial charge is 0.278 e. The van der Waals surface area contributed by atoms with Gasteiger partial charge in [0.15, 0.2) is 5.69 Å². The first-order chi connectivity index (χ1) is 15.4. The monoisotopic (exact) mass is 450 g/mol. The van der Waals surface area contributed by atoms with Crippen molar-refractivity contribution in [2.24, 2.45) is 0 Å². The number of nitrogens with zero attached hydrogens (tertiary/aromatic N) is 3. The minimum Gasteiger partial charge on any atom is -0.488 e. The molecule has 0 atom stereocenters. The van der Waals surface area contributed by atoms with E-state index in [1.54, 1.807) is 24.0 Å². The minimum absolute atomic E-state index is 0.175. The minimum atomic E-state index is -0.390. The zero-order chi connectivity index (χ0) is 22.7. The molecule has 0 saturated heterocycles. The molecule has 0 radical (unpaired) electrons. The third-order valence-corrected chi connectivity index (χ3v) is 5.47. The Morgan fingerprint density at radius 3 is 2.81 bits per heavy atom. The molecule has 8 heteroatoms. The van der Waals surface area contributed by atoms with Crippen molar-refractivity contribution in [3.05, 3.63) is 93.6 Å². The molecule has 0 bridgehead atoms. The third-order valence-electron chi connectivity index (χ3n) is 5.10. The molecule has 0 spiro atoms. The Morgan fingerprint density at radius 2 is 2.00 bits per heavy atom. The second kappa shape index (κ2) is 9.28. The SMILES string of the molecule is Cc1ccc(C)c(OCc2c(C(=O)Nc3cnn(Cc4ccccc4Cl)c3)noc2C)c1. The van der Waals surface area contributed by atoms with Crippen molar-refractivity contribution in [3.8, 4) is 5.75 Å². The molecule has 0 saturated carbocycles. The van der Waals surface area contributed by atoms with Crippen LogP contribution < -0.4 is 10.1 Å². The average molecular weight is 451 g/mol. The molecular formula is C24H23ClN4O3. The summed E-state index contributed by atoms with van der Waals surface area (Å²) in [5.41, 5.74) is 4.39. The molecule has 2 heterocycles. The molecule has 0 fully saturated rings. The number of hydrogen-bond donors (Lipinski definition) is 1. The standard InChI is InChI=1S/C24H23ClN4O3/c1-15-8-9-16(2)22(10-15)31-14-20-17(3)32-28-23(20)24(30)27-19-11-26-29(13-19)12-18-6-4-5-7-21(18)25/h4-11,13H,12,14H2,1-3H3,(H,27,30). The Kier molecular flexibility index (Phi) is 6.28. The third kappa shape index (κ3) is 4.84. The number of ether oxygens (including phenoxy) is 1. The van der Waals surface area contributed by atoms with Crippen LogP contribution in [0.1, 0.15) is 38.5 Å². The first-order valence-corrected chi connectivity index (χ1v) is 10.5. The number of nitrogens with one attached hydrogen (secondary N) is 1. The summed E-state index contributed by atoms with van der Waals surface area (Å²) in [6.07, 6.45) is 3.31. The Morgan fingerprint density at radius 1 is 1.19 bits per heavy atom. The number of carbonyl (C=O) groups excluding carboxylic acids is 1. The van der Waals surface area contributed by atoms with Crippen LogP contribution in [0.2, 0.25) is 5.02 Å². The van der Waals surface area contributed by atoms with Gasteiger partial charge in [-0.2, -0.15) is 5.10 Å². The Bertz CT molecular complexity index is 1260. The summed E-state index contributed by atoms with van der Waals surface area (Å²) < 4.78 is 12.9. The number of aromatic nitrogens is 3. The first kappa shape index (κ1) is 21.6. The zero-order valence-electron chi connectivity index (χ0n) is 18.1. The molecule has 7 nitrogen and oxygen atoms in total. The molecule has 2 aromatic carbocycles. The van der Waals surface area contributed by atoms with Crippen molar-refractivity contribution in [1.82, 2.24) is 14.9 Å². The van der Waals surface area contributed by atoms with Gasteiger partial charge in [0.2, 0.25) is 0 Å². The summed E-state index contributed by atoms with van der Waals surface area (Å²) in [6.45, 7) is 6.40. The maximum atomic E-state index is 12.9. The Labute approximate surface area is 190 Å². The van der Waals surface area contributed by atoms with E-state index in [1.165, 1.54) is 0 Å². The molecule has 0 aliphatic rings. The predicted molar refractivity (Wildman–Crippen MR) is 122 cm³/mol. The second-order valence-corrected chi connectivity index (χ2v) is 8.00. The Balaban J connectivity index is 1.45. The lowest BCUT2D eigenvalue weighted by molar-refractivity contribution is 0.101. The predicted octanol–water partition coefficient (Wildman–Crippen LogP) is 5.33. The fraction of sp³-hybridized carbons (Fsp3) is 0.208. The van der Waals surface area contributed by atoms with Crippen molar-refractivity contribution in [2.45, 2.75) is 33.9 Å². The van der Waals surface area contributed by atoms with Gasteiger partial charge in [0, 0.05) is 11.2 Å². The van der Waals surface area contributed by atoms with Gasteiger partial charge in [0.1, 0.15) is 18.1 Å². The van der Waals surface area contributed by atoms with Crippen molar-refractivity contribution in [2.75, 3.05) is 5.32 Å². The topological polar surface area (TPSA) is 82.2 Å². The van der Waals surface area contributed by atoms with Gasteiger partial charge in [0.05, 0.1) is 24.0 Å². The highest BCUT2D eigenvalue weighted by Gasteiger charge is 2.21. The van der Waals surface area contributed by atoms with Crippen LogP contribution in [0, 0.1) is 20.8 Å². The van der Waals surface area contributed by atoms with E-state index in [9.17, 15) is 4.79 Å². The van der Waals surface area contributed by atoms with Crippen LogP contribution in [-0.2, 0) is 13.2 Å². The molecule has 0 aliphatic heterocycles. The number of rotatable bonds is 7. The van der Waals surface area contributed by atoms with E-state index in [4.69, 9.17) is 20.9 Å². The molecule has 0 aliphatic carbocycles. The maximum absolute atomic E-state index is 12.9. The van der Waals surface area contributed by atoms with Crippen LogP contribution in [0.5, 0.6) is 5.75 Å². The summed E-state index contributed by atoms with van der Waals surface area (Å²) in [5, 5.41) is 11.7. The summed E-state index contributed by atoms with van der Waals surface area (Å²) in [6, 6.07) is 13.5. The highest BCUT2D eigenvalue weighted by atomic mass is 35.5. The maximum Gasteiger partial charge on any atom is 0.278 e. The number of benzene rings is 2. The molecule has 2 aromatic heterocycles. The quantitative estimate of drug-likeness (QED) is 0.411. The lowest BCUT2D eigenvalue weighted by Gasteiger charge is -2.10. The van der Waals surface area contributed by atoms with Crippen molar-refractivity contribution >= 4 is 23.2 Å². The van der Waals surface area contributed by atoms with Crippen LogP contribution >= 0.6 is 11.6 Å². The molecule has 1 N–H and O–H groups in total. The number of anilines is 1. The van der Waals surface area contributed by atoms with E-state index in [0.717, 1.165) is 22.4 Å².